The number of carboxylic acids is 1. The molecule has 0 heterocycles. The molecular formula is C36H70NO10P. The van der Waals surface area contributed by atoms with Crippen LogP contribution in [0.4, 0.5) is 0 Å². The predicted molar refractivity (Wildman–Crippen MR) is 190 cm³/mol. The number of nitrogens with one attached hydrogen (secondary N) is 1. The Balaban J connectivity index is 3.91. The van der Waals surface area contributed by atoms with Gasteiger partial charge in [0.25, 0.3) is 0 Å². The van der Waals surface area contributed by atoms with Gasteiger partial charge in [0.1, 0.15) is 12.7 Å². The molecular weight excluding hydrogens is 637 g/mol. The number of esters is 1. The molecule has 11 nitrogen and oxygen atoms in total. The van der Waals surface area contributed by atoms with Crippen molar-refractivity contribution in [3.05, 3.63) is 0 Å². The zero-order valence-electron chi connectivity index (χ0n) is 30.3. The van der Waals surface area contributed by atoms with E-state index in [-0.39, 0.29) is 12.8 Å². The zero-order chi connectivity index (χ0) is 35.7. The van der Waals surface area contributed by atoms with Gasteiger partial charge in [-0.25, -0.2) is 9.36 Å². The molecule has 48 heavy (non-hydrogen) atoms. The summed E-state index contributed by atoms with van der Waals surface area (Å²) in [6.07, 6.45) is 27.3. The lowest BCUT2D eigenvalue weighted by Crippen LogP contribution is -2.43. The van der Waals surface area contributed by atoms with Gasteiger partial charge in [-0.3, -0.25) is 18.6 Å². The van der Waals surface area contributed by atoms with Crippen molar-refractivity contribution in [2.75, 3.05) is 19.8 Å². The number of aliphatic hydroxyl groups is 1. The molecule has 0 radical (unpaired) electrons. The number of aliphatic hydroxyl groups excluding tert-OH is 1. The van der Waals surface area contributed by atoms with Gasteiger partial charge >= 0.3 is 19.8 Å². The van der Waals surface area contributed by atoms with Gasteiger partial charge in [0.05, 0.1) is 13.2 Å². The molecule has 0 bridgehead atoms. The molecule has 3 unspecified atom stereocenters. The lowest BCUT2D eigenvalue weighted by Gasteiger charge is -2.18. The summed E-state index contributed by atoms with van der Waals surface area (Å²) in [5.74, 6) is -2.37. The van der Waals surface area contributed by atoms with E-state index in [0.717, 1.165) is 38.5 Å². The fraction of sp³-hybridized carbons (Fsp3) is 0.917. The maximum absolute atomic E-state index is 12.3. The predicted octanol–water partition coefficient (Wildman–Crippen LogP) is 8.78. The normalized spacial score (nSPS) is 13.9. The van der Waals surface area contributed by atoms with Gasteiger partial charge in [0.15, 0.2) is 6.04 Å². The van der Waals surface area contributed by atoms with Crippen molar-refractivity contribution in [3.63, 3.8) is 0 Å². The summed E-state index contributed by atoms with van der Waals surface area (Å²) in [6, 6.07) is -1.54. The van der Waals surface area contributed by atoms with Crippen molar-refractivity contribution in [2.45, 2.75) is 193 Å². The Hall–Kier alpha value is -1.52. The van der Waals surface area contributed by atoms with Gasteiger partial charge in [-0.2, -0.15) is 0 Å². The summed E-state index contributed by atoms with van der Waals surface area (Å²) in [5.41, 5.74) is 0. The van der Waals surface area contributed by atoms with Crippen molar-refractivity contribution in [1.29, 1.82) is 0 Å². The first kappa shape index (κ1) is 46.5. The molecule has 0 aromatic heterocycles. The molecule has 284 valence electrons. The van der Waals surface area contributed by atoms with E-state index < -0.39 is 57.6 Å². The summed E-state index contributed by atoms with van der Waals surface area (Å²) >= 11 is 0. The highest BCUT2D eigenvalue weighted by Gasteiger charge is 2.28. The summed E-state index contributed by atoms with van der Waals surface area (Å²) in [6.45, 7) is 2.53. The van der Waals surface area contributed by atoms with Crippen molar-refractivity contribution < 1.29 is 47.8 Å². The minimum absolute atomic E-state index is 0.152. The highest BCUT2D eigenvalue weighted by molar-refractivity contribution is 7.47. The van der Waals surface area contributed by atoms with Crippen molar-refractivity contribution in [1.82, 2.24) is 5.32 Å². The number of amides is 1. The topological polar surface area (TPSA) is 169 Å². The van der Waals surface area contributed by atoms with Gasteiger partial charge in [-0.15, -0.1) is 0 Å². The van der Waals surface area contributed by atoms with Crippen LogP contribution in [0, 0.1) is 0 Å². The Morgan fingerprint density at radius 1 is 0.583 bits per heavy atom. The molecule has 0 aliphatic heterocycles. The third-order valence-corrected chi connectivity index (χ3v) is 9.35. The largest absolute Gasteiger partial charge is 0.480 e. The third-order valence-electron chi connectivity index (χ3n) is 8.40. The summed E-state index contributed by atoms with van der Waals surface area (Å²) in [4.78, 5) is 45.5. The molecule has 0 aliphatic rings. The molecule has 1 amide bonds. The third kappa shape index (κ3) is 31.7. The average molecular weight is 708 g/mol. The number of ether oxygens (including phenoxy) is 1. The Kier molecular flexibility index (Phi) is 31.6. The fourth-order valence-electron chi connectivity index (χ4n) is 5.37. The van der Waals surface area contributed by atoms with Crippen LogP contribution in [0.2, 0.25) is 0 Å². The summed E-state index contributed by atoms with van der Waals surface area (Å²) in [7, 11) is -4.74. The Morgan fingerprint density at radius 2 is 0.958 bits per heavy atom. The first-order valence-corrected chi connectivity index (χ1v) is 20.6. The first-order valence-electron chi connectivity index (χ1n) is 19.1. The van der Waals surface area contributed by atoms with Crippen LogP contribution < -0.4 is 5.32 Å². The lowest BCUT2D eigenvalue weighted by molar-refractivity contribution is -0.147. The van der Waals surface area contributed by atoms with Crippen LogP contribution in [0.25, 0.3) is 0 Å². The lowest BCUT2D eigenvalue weighted by atomic mass is 10.0. The number of carbonyl (C=O) groups excluding carboxylic acids is 2. The Labute approximate surface area is 291 Å². The van der Waals surface area contributed by atoms with Crippen LogP contribution in [0.1, 0.15) is 181 Å². The van der Waals surface area contributed by atoms with E-state index in [9.17, 15) is 34.1 Å². The van der Waals surface area contributed by atoms with Crippen LogP contribution in [0.3, 0.4) is 0 Å². The van der Waals surface area contributed by atoms with Crippen LogP contribution in [-0.2, 0) is 32.7 Å². The minimum atomic E-state index is -4.74. The Bertz CT molecular complexity index is 844. The monoisotopic (exact) mass is 707 g/mol. The van der Waals surface area contributed by atoms with E-state index in [4.69, 9.17) is 13.8 Å². The standard InChI is InChI=1S/C36H70NO10P/c1-3-5-7-9-11-12-13-14-15-16-17-18-19-20-22-23-25-27-34(39)37-33(36(41)42)31-47-48(43,44)46-30-32(38)29-45-35(40)28-26-24-21-10-8-6-4-2/h32-33,38H,3-31H2,1-2H3,(H,37,39)(H,41,42)(H,43,44). The number of aliphatic carboxylic acids is 1. The van der Waals surface area contributed by atoms with Crippen LogP contribution in [-0.4, -0.2) is 64.9 Å². The first-order chi connectivity index (χ1) is 23.1. The smallest absolute Gasteiger partial charge is 0.472 e. The highest BCUT2D eigenvalue weighted by Crippen LogP contribution is 2.43. The van der Waals surface area contributed by atoms with E-state index in [1.165, 1.54) is 103 Å². The zero-order valence-corrected chi connectivity index (χ0v) is 31.2. The Morgan fingerprint density at radius 3 is 1.38 bits per heavy atom. The summed E-state index contributed by atoms with van der Waals surface area (Å²) in [5, 5.41) is 21.7. The fourth-order valence-corrected chi connectivity index (χ4v) is 6.15. The second-order valence-corrected chi connectivity index (χ2v) is 14.6. The molecule has 0 fully saturated rings. The molecule has 0 saturated carbocycles. The van der Waals surface area contributed by atoms with Gasteiger partial charge in [-0.05, 0) is 12.8 Å². The number of carbonyl (C=O) groups is 3. The second kappa shape index (κ2) is 32.7. The van der Waals surface area contributed by atoms with Crippen molar-refractivity contribution in [2.24, 2.45) is 0 Å². The molecule has 0 aromatic carbocycles. The van der Waals surface area contributed by atoms with Crippen molar-refractivity contribution >= 4 is 25.7 Å². The molecule has 0 saturated heterocycles. The quantitative estimate of drug-likeness (QED) is 0.0281. The maximum Gasteiger partial charge on any atom is 0.472 e. The highest BCUT2D eigenvalue weighted by atomic mass is 31.2. The molecule has 0 rings (SSSR count). The van der Waals surface area contributed by atoms with E-state index in [0.29, 0.717) is 12.8 Å². The van der Waals surface area contributed by atoms with Gasteiger partial charge < -0.3 is 25.2 Å². The van der Waals surface area contributed by atoms with E-state index in [1.54, 1.807) is 0 Å². The number of carboxylic acid groups (broad SMARTS) is 1. The van der Waals surface area contributed by atoms with Gasteiger partial charge in [0, 0.05) is 12.8 Å². The minimum Gasteiger partial charge on any atom is -0.480 e. The molecule has 0 aromatic rings. The number of phosphoric acid groups is 1. The summed E-state index contributed by atoms with van der Waals surface area (Å²) < 4.78 is 26.6. The molecule has 0 spiro atoms. The van der Waals surface area contributed by atoms with E-state index >= 15 is 0 Å². The van der Waals surface area contributed by atoms with E-state index in [2.05, 4.69) is 19.2 Å². The number of rotatable bonds is 36. The molecule has 3 atom stereocenters. The average Bonchev–Trinajstić information content (AvgIpc) is 3.05. The number of phosphoric ester groups is 1. The van der Waals surface area contributed by atoms with Crippen LogP contribution in [0.15, 0.2) is 0 Å². The van der Waals surface area contributed by atoms with Crippen LogP contribution in [0.5, 0.6) is 0 Å². The maximum atomic E-state index is 12.3. The van der Waals surface area contributed by atoms with Crippen molar-refractivity contribution in [3.8, 4) is 0 Å². The number of hydrogen-bond acceptors (Lipinski definition) is 8. The number of unbranched alkanes of at least 4 members (excludes halogenated alkanes) is 22. The molecule has 0 aliphatic carbocycles. The van der Waals surface area contributed by atoms with Gasteiger partial charge in [-0.1, -0.05) is 155 Å². The van der Waals surface area contributed by atoms with Crippen LogP contribution >= 0.6 is 7.82 Å². The van der Waals surface area contributed by atoms with Gasteiger partial charge in [0.2, 0.25) is 5.91 Å². The molecule has 12 heteroatoms. The SMILES string of the molecule is CCCCCCCCCCCCCCCCCCCC(=O)NC(COP(=O)(O)OCC(O)COC(=O)CCCCCCCCC)C(=O)O. The van der Waals surface area contributed by atoms with E-state index in [1.807, 2.05) is 0 Å². The second-order valence-electron chi connectivity index (χ2n) is 13.1. The molecule has 4 N–H and O–H groups in total. The number of hydrogen-bond donors (Lipinski definition) is 4.